The number of benzene rings is 1. The van der Waals surface area contributed by atoms with Gasteiger partial charge in [-0.2, -0.15) is 0 Å². The summed E-state index contributed by atoms with van der Waals surface area (Å²) in [7, 11) is 0. The lowest BCUT2D eigenvalue weighted by Crippen LogP contribution is -2.36. The van der Waals surface area contributed by atoms with Crippen LogP contribution in [-0.4, -0.2) is 18.6 Å². The van der Waals surface area contributed by atoms with Crippen LogP contribution in [0.2, 0.25) is 0 Å². The molecule has 3 heteroatoms. The fourth-order valence-corrected chi connectivity index (χ4v) is 2.69. The standard InChI is InChI=1S/C17H25NO2/c1-17(2,3)14-10-6-7-11-15(14)20-12-16(19)18-13-8-4-5-9-13/h6-7,10-11,13H,4-5,8-9,12H2,1-3H3,(H,18,19). The maximum atomic E-state index is 11.9. The number of rotatable bonds is 4. The molecular weight excluding hydrogens is 250 g/mol. The molecule has 0 spiro atoms. The van der Waals surface area contributed by atoms with Gasteiger partial charge >= 0.3 is 0 Å². The Bertz CT molecular complexity index is 456. The van der Waals surface area contributed by atoms with Crippen LogP contribution < -0.4 is 10.1 Å². The molecule has 1 saturated carbocycles. The number of hydrogen-bond acceptors (Lipinski definition) is 2. The van der Waals surface area contributed by atoms with Crippen molar-refractivity contribution in [3.8, 4) is 5.75 Å². The lowest BCUT2D eigenvalue weighted by Gasteiger charge is -2.22. The Kier molecular flexibility index (Phi) is 4.69. The molecule has 1 fully saturated rings. The number of para-hydroxylation sites is 1. The fraction of sp³-hybridized carbons (Fsp3) is 0.588. The summed E-state index contributed by atoms with van der Waals surface area (Å²) in [5, 5.41) is 3.04. The third-order valence-electron chi connectivity index (χ3n) is 3.77. The van der Waals surface area contributed by atoms with Crippen molar-refractivity contribution in [1.29, 1.82) is 0 Å². The van der Waals surface area contributed by atoms with Gasteiger partial charge in [-0.1, -0.05) is 51.8 Å². The predicted octanol–water partition coefficient (Wildman–Crippen LogP) is 3.42. The quantitative estimate of drug-likeness (QED) is 0.914. The van der Waals surface area contributed by atoms with E-state index in [-0.39, 0.29) is 17.9 Å². The van der Waals surface area contributed by atoms with Gasteiger partial charge in [0.2, 0.25) is 0 Å². The van der Waals surface area contributed by atoms with Crippen molar-refractivity contribution < 1.29 is 9.53 Å². The zero-order valence-electron chi connectivity index (χ0n) is 12.7. The summed E-state index contributed by atoms with van der Waals surface area (Å²) < 4.78 is 5.72. The molecule has 1 N–H and O–H groups in total. The van der Waals surface area contributed by atoms with Gasteiger partial charge in [0, 0.05) is 6.04 Å². The molecule has 1 aliphatic rings. The third-order valence-corrected chi connectivity index (χ3v) is 3.77. The second-order valence-electron chi connectivity index (χ2n) is 6.58. The Morgan fingerprint density at radius 3 is 2.55 bits per heavy atom. The lowest BCUT2D eigenvalue weighted by atomic mass is 9.86. The van der Waals surface area contributed by atoms with E-state index < -0.39 is 0 Å². The molecule has 0 bridgehead atoms. The first kappa shape index (κ1) is 14.9. The first-order valence-corrected chi connectivity index (χ1v) is 7.48. The number of carbonyl (C=O) groups is 1. The minimum absolute atomic E-state index is 0.0124. The van der Waals surface area contributed by atoms with Crippen molar-refractivity contribution in [2.75, 3.05) is 6.61 Å². The number of nitrogens with one attached hydrogen (secondary N) is 1. The number of carbonyl (C=O) groups excluding carboxylic acids is 1. The van der Waals surface area contributed by atoms with Gasteiger partial charge in [-0.25, -0.2) is 0 Å². The van der Waals surface area contributed by atoms with E-state index in [1.807, 2.05) is 18.2 Å². The molecule has 20 heavy (non-hydrogen) atoms. The Morgan fingerprint density at radius 1 is 1.25 bits per heavy atom. The smallest absolute Gasteiger partial charge is 0.258 e. The second kappa shape index (κ2) is 6.29. The van der Waals surface area contributed by atoms with Crippen molar-refractivity contribution >= 4 is 5.91 Å². The molecule has 2 rings (SSSR count). The van der Waals surface area contributed by atoms with Crippen LogP contribution in [0.1, 0.15) is 52.0 Å². The van der Waals surface area contributed by atoms with E-state index in [0.717, 1.165) is 24.2 Å². The monoisotopic (exact) mass is 275 g/mol. The average molecular weight is 275 g/mol. The molecule has 0 aromatic heterocycles. The molecule has 0 saturated heterocycles. The molecule has 1 aliphatic carbocycles. The fourth-order valence-electron chi connectivity index (χ4n) is 2.69. The van der Waals surface area contributed by atoms with Crippen molar-refractivity contribution in [3.63, 3.8) is 0 Å². The highest BCUT2D eigenvalue weighted by molar-refractivity contribution is 5.77. The summed E-state index contributed by atoms with van der Waals surface area (Å²) in [4.78, 5) is 11.9. The van der Waals surface area contributed by atoms with Crippen LogP contribution in [0.5, 0.6) is 5.75 Å². The summed E-state index contributed by atoms with van der Waals surface area (Å²) >= 11 is 0. The number of amides is 1. The van der Waals surface area contributed by atoms with Gasteiger partial charge in [0.25, 0.3) is 5.91 Å². The lowest BCUT2D eigenvalue weighted by molar-refractivity contribution is -0.123. The maximum absolute atomic E-state index is 11.9. The minimum Gasteiger partial charge on any atom is -0.483 e. The van der Waals surface area contributed by atoms with E-state index >= 15 is 0 Å². The first-order chi connectivity index (χ1) is 9.47. The summed E-state index contributed by atoms with van der Waals surface area (Å²) in [6, 6.07) is 8.29. The van der Waals surface area contributed by atoms with Crippen LogP contribution in [0.3, 0.4) is 0 Å². The van der Waals surface area contributed by atoms with Gasteiger partial charge in [0.1, 0.15) is 5.75 Å². The van der Waals surface area contributed by atoms with E-state index in [4.69, 9.17) is 4.74 Å². The summed E-state index contributed by atoms with van der Waals surface area (Å²) in [6.07, 6.45) is 4.64. The zero-order valence-corrected chi connectivity index (χ0v) is 12.7. The van der Waals surface area contributed by atoms with E-state index in [0.29, 0.717) is 6.04 Å². The van der Waals surface area contributed by atoms with Crippen LogP contribution in [0, 0.1) is 0 Å². The molecule has 0 radical (unpaired) electrons. The summed E-state index contributed by atoms with van der Waals surface area (Å²) in [5.41, 5.74) is 1.15. The van der Waals surface area contributed by atoms with Crippen LogP contribution in [-0.2, 0) is 10.2 Å². The van der Waals surface area contributed by atoms with Gasteiger partial charge in [0.15, 0.2) is 6.61 Å². The van der Waals surface area contributed by atoms with Crippen molar-refractivity contribution in [2.24, 2.45) is 0 Å². The minimum atomic E-state index is -0.0133. The van der Waals surface area contributed by atoms with Gasteiger partial charge in [-0.05, 0) is 29.9 Å². The van der Waals surface area contributed by atoms with Crippen LogP contribution in [0.15, 0.2) is 24.3 Å². The molecule has 0 unspecified atom stereocenters. The zero-order chi connectivity index (χ0) is 14.6. The Labute approximate surface area is 121 Å². The Balaban J connectivity index is 1.92. The highest BCUT2D eigenvalue weighted by Crippen LogP contribution is 2.30. The highest BCUT2D eigenvalue weighted by atomic mass is 16.5. The predicted molar refractivity (Wildman–Crippen MR) is 81.0 cm³/mol. The van der Waals surface area contributed by atoms with E-state index in [2.05, 4.69) is 32.2 Å². The van der Waals surface area contributed by atoms with E-state index in [1.54, 1.807) is 0 Å². The van der Waals surface area contributed by atoms with Crippen LogP contribution >= 0.6 is 0 Å². The SMILES string of the molecule is CC(C)(C)c1ccccc1OCC(=O)NC1CCCC1. The van der Waals surface area contributed by atoms with E-state index in [1.165, 1.54) is 12.8 Å². The molecule has 1 amide bonds. The normalized spacial score (nSPS) is 16.1. The molecule has 1 aromatic carbocycles. The maximum Gasteiger partial charge on any atom is 0.258 e. The highest BCUT2D eigenvalue weighted by Gasteiger charge is 2.20. The van der Waals surface area contributed by atoms with Gasteiger partial charge in [0.05, 0.1) is 0 Å². The van der Waals surface area contributed by atoms with Gasteiger partial charge in [-0.3, -0.25) is 4.79 Å². The number of hydrogen-bond donors (Lipinski definition) is 1. The van der Waals surface area contributed by atoms with Crippen molar-refractivity contribution in [1.82, 2.24) is 5.32 Å². The molecule has 110 valence electrons. The first-order valence-electron chi connectivity index (χ1n) is 7.48. The topological polar surface area (TPSA) is 38.3 Å². The molecule has 1 aromatic rings. The largest absolute Gasteiger partial charge is 0.483 e. The molecular formula is C17H25NO2. The number of ether oxygens (including phenoxy) is 1. The van der Waals surface area contributed by atoms with Crippen molar-refractivity contribution in [2.45, 2.75) is 57.9 Å². The average Bonchev–Trinajstić information content (AvgIpc) is 2.88. The van der Waals surface area contributed by atoms with Crippen LogP contribution in [0.4, 0.5) is 0 Å². The summed E-state index contributed by atoms with van der Waals surface area (Å²) in [5.74, 6) is 0.794. The molecule has 0 aliphatic heterocycles. The molecule has 0 heterocycles. The Morgan fingerprint density at radius 2 is 1.90 bits per heavy atom. The molecule has 3 nitrogen and oxygen atoms in total. The van der Waals surface area contributed by atoms with Gasteiger partial charge in [-0.15, -0.1) is 0 Å². The van der Waals surface area contributed by atoms with Crippen molar-refractivity contribution in [3.05, 3.63) is 29.8 Å². The Hall–Kier alpha value is -1.51. The van der Waals surface area contributed by atoms with E-state index in [9.17, 15) is 4.79 Å². The second-order valence-corrected chi connectivity index (χ2v) is 6.58. The third kappa shape index (κ3) is 3.99. The summed E-state index contributed by atoms with van der Waals surface area (Å²) in [6.45, 7) is 6.54. The van der Waals surface area contributed by atoms with Crippen LogP contribution in [0.25, 0.3) is 0 Å². The van der Waals surface area contributed by atoms with Gasteiger partial charge < -0.3 is 10.1 Å². The molecule has 0 atom stereocenters.